The van der Waals surface area contributed by atoms with Crippen LogP contribution in [0.4, 0.5) is 4.39 Å². The van der Waals surface area contributed by atoms with E-state index in [4.69, 9.17) is 0 Å². The van der Waals surface area contributed by atoms with Gasteiger partial charge in [-0.05, 0) is 12.8 Å². The van der Waals surface area contributed by atoms with E-state index in [1.165, 1.54) is 14.0 Å². The number of nitrogens with one attached hydrogen (secondary N) is 3. The first-order chi connectivity index (χ1) is 12.3. The van der Waals surface area contributed by atoms with Crippen molar-refractivity contribution in [1.29, 1.82) is 0 Å². The molecule has 0 heterocycles. The number of esters is 1. The molecule has 27 heavy (non-hydrogen) atoms. The van der Waals surface area contributed by atoms with Gasteiger partial charge in [0.2, 0.25) is 17.7 Å². The molecule has 0 aliphatic carbocycles. The van der Waals surface area contributed by atoms with Gasteiger partial charge in [0, 0.05) is 11.8 Å². The van der Waals surface area contributed by atoms with Crippen LogP contribution in [0.2, 0.25) is 0 Å². The molecule has 0 bridgehead atoms. The highest BCUT2D eigenvalue weighted by Crippen LogP contribution is 2.14. The number of amides is 3. The molecule has 0 rings (SSSR count). The van der Waals surface area contributed by atoms with E-state index in [-0.39, 0.29) is 12.3 Å². The number of alkyl halides is 1. The zero-order valence-corrected chi connectivity index (χ0v) is 17.1. The molecule has 8 nitrogen and oxygen atoms in total. The van der Waals surface area contributed by atoms with Crippen LogP contribution in [0.25, 0.3) is 0 Å². The Labute approximate surface area is 160 Å². The average Bonchev–Trinajstić information content (AvgIpc) is 2.56. The van der Waals surface area contributed by atoms with Crippen LogP contribution in [0.15, 0.2) is 0 Å². The molecule has 0 radical (unpaired) electrons. The molecule has 0 aliphatic rings. The number of hydrogen-bond donors (Lipinski definition) is 3. The zero-order valence-electron chi connectivity index (χ0n) is 17.1. The fraction of sp³-hybridized carbons (Fsp3) is 0.778. The molecule has 0 fully saturated rings. The van der Waals surface area contributed by atoms with E-state index in [1.54, 1.807) is 34.6 Å². The highest BCUT2D eigenvalue weighted by Gasteiger charge is 2.32. The second-order valence-electron chi connectivity index (χ2n) is 7.74. The average molecular weight is 389 g/mol. The van der Waals surface area contributed by atoms with Gasteiger partial charge < -0.3 is 20.7 Å². The van der Waals surface area contributed by atoms with Crippen molar-refractivity contribution >= 4 is 23.7 Å². The van der Waals surface area contributed by atoms with Gasteiger partial charge >= 0.3 is 5.97 Å². The SMILES string of the molecule is COC(=O)[C@H](C)NC(=O)[C@@H](NC(=O)[C@H](CCF)NC(=O)C(C)(C)C)C(C)C. The molecule has 3 atom stereocenters. The third kappa shape index (κ3) is 8.36. The van der Waals surface area contributed by atoms with E-state index < -0.39 is 53.9 Å². The molecular formula is C18H32FN3O5. The molecule has 0 spiro atoms. The summed E-state index contributed by atoms with van der Waals surface area (Å²) in [5.74, 6) is -2.56. The van der Waals surface area contributed by atoms with E-state index in [0.29, 0.717) is 0 Å². The molecule has 0 unspecified atom stereocenters. The smallest absolute Gasteiger partial charge is 0.328 e. The lowest BCUT2D eigenvalue weighted by Gasteiger charge is -2.27. The Morgan fingerprint density at radius 1 is 0.963 bits per heavy atom. The predicted octanol–water partition coefficient (Wildman–Crippen LogP) is 0.695. The summed E-state index contributed by atoms with van der Waals surface area (Å²) >= 11 is 0. The standard InChI is InChI=1S/C18H32FN3O5/c1-10(2)13(15(24)20-11(3)16(25)27-7)22-14(23)12(8-9-19)21-17(26)18(4,5)6/h10-13H,8-9H2,1-7H3,(H,20,24)(H,21,26)(H,22,23)/t11-,12-,13-/m0/s1. The summed E-state index contributed by atoms with van der Waals surface area (Å²) in [6, 6.07) is -2.95. The van der Waals surface area contributed by atoms with E-state index in [0.717, 1.165) is 0 Å². The van der Waals surface area contributed by atoms with Gasteiger partial charge in [-0.25, -0.2) is 4.79 Å². The molecule has 0 aromatic rings. The van der Waals surface area contributed by atoms with Gasteiger partial charge in [0.25, 0.3) is 0 Å². The largest absolute Gasteiger partial charge is 0.467 e. The van der Waals surface area contributed by atoms with Crippen LogP contribution in [0.5, 0.6) is 0 Å². The van der Waals surface area contributed by atoms with Gasteiger partial charge in [0.05, 0.1) is 13.8 Å². The van der Waals surface area contributed by atoms with Crippen molar-refractivity contribution in [2.75, 3.05) is 13.8 Å². The third-order valence-electron chi connectivity index (χ3n) is 3.86. The summed E-state index contributed by atoms with van der Waals surface area (Å²) < 4.78 is 17.4. The maximum absolute atomic E-state index is 12.8. The summed E-state index contributed by atoms with van der Waals surface area (Å²) in [6.45, 7) is 9.09. The van der Waals surface area contributed by atoms with Crippen molar-refractivity contribution in [2.24, 2.45) is 11.3 Å². The van der Waals surface area contributed by atoms with Crippen LogP contribution in [-0.4, -0.2) is 55.6 Å². The number of hydrogen-bond acceptors (Lipinski definition) is 5. The molecule has 0 aromatic carbocycles. The fourth-order valence-corrected chi connectivity index (χ4v) is 2.08. The summed E-state index contributed by atoms with van der Waals surface area (Å²) in [5.41, 5.74) is -0.750. The van der Waals surface area contributed by atoms with Crippen molar-refractivity contribution in [2.45, 2.75) is 66.1 Å². The lowest BCUT2D eigenvalue weighted by atomic mass is 9.95. The van der Waals surface area contributed by atoms with Gasteiger partial charge in [-0.1, -0.05) is 34.6 Å². The lowest BCUT2D eigenvalue weighted by molar-refractivity contribution is -0.145. The Kier molecular flexibility index (Phi) is 9.96. The lowest BCUT2D eigenvalue weighted by Crippen LogP contribution is -2.57. The normalized spacial score (nSPS) is 14.7. The minimum atomic E-state index is -1.10. The Morgan fingerprint density at radius 3 is 1.93 bits per heavy atom. The van der Waals surface area contributed by atoms with Crippen molar-refractivity contribution in [3.8, 4) is 0 Å². The quantitative estimate of drug-likeness (QED) is 0.502. The highest BCUT2D eigenvalue weighted by molar-refractivity contribution is 5.94. The van der Waals surface area contributed by atoms with Gasteiger partial charge in [-0.3, -0.25) is 18.8 Å². The van der Waals surface area contributed by atoms with Crippen LogP contribution in [0.3, 0.4) is 0 Å². The number of halogens is 1. The zero-order chi connectivity index (χ0) is 21.4. The third-order valence-corrected chi connectivity index (χ3v) is 3.86. The van der Waals surface area contributed by atoms with Gasteiger partial charge in [0.1, 0.15) is 18.1 Å². The Balaban J connectivity index is 5.18. The van der Waals surface area contributed by atoms with Gasteiger partial charge in [-0.15, -0.1) is 0 Å². The molecule has 9 heteroatoms. The van der Waals surface area contributed by atoms with Crippen LogP contribution < -0.4 is 16.0 Å². The fourth-order valence-electron chi connectivity index (χ4n) is 2.08. The maximum Gasteiger partial charge on any atom is 0.328 e. The molecule has 0 aromatic heterocycles. The first-order valence-electron chi connectivity index (χ1n) is 8.90. The Morgan fingerprint density at radius 2 is 1.52 bits per heavy atom. The van der Waals surface area contributed by atoms with E-state index in [2.05, 4.69) is 20.7 Å². The number of methoxy groups -OCH3 is 1. The monoisotopic (exact) mass is 389 g/mol. The first-order valence-corrected chi connectivity index (χ1v) is 8.90. The molecule has 0 saturated heterocycles. The van der Waals surface area contributed by atoms with E-state index in [1.807, 2.05) is 0 Å². The summed E-state index contributed by atoms with van der Waals surface area (Å²) in [4.78, 5) is 48.5. The van der Waals surface area contributed by atoms with E-state index in [9.17, 15) is 23.6 Å². The second kappa shape index (κ2) is 10.8. The molecule has 156 valence electrons. The maximum atomic E-state index is 12.8. The highest BCUT2D eigenvalue weighted by atomic mass is 19.1. The summed E-state index contributed by atoms with van der Waals surface area (Å²) in [5, 5.41) is 7.51. The van der Waals surface area contributed by atoms with Crippen LogP contribution >= 0.6 is 0 Å². The number of carbonyl (C=O) groups is 4. The Bertz CT molecular complexity index is 546. The second-order valence-corrected chi connectivity index (χ2v) is 7.74. The molecule has 0 aliphatic heterocycles. The number of rotatable bonds is 9. The molecular weight excluding hydrogens is 357 g/mol. The van der Waals surface area contributed by atoms with E-state index >= 15 is 0 Å². The van der Waals surface area contributed by atoms with Crippen molar-refractivity contribution in [3.63, 3.8) is 0 Å². The number of ether oxygens (including phenoxy) is 1. The molecule has 3 amide bonds. The van der Waals surface area contributed by atoms with Crippen molar-refractivity contribution in [3.05, 3.63) is 0 Å². The minimum Gasteiger partial charge on any atom is -0.467 e. The predicted molar refractivity (Wildman–Crippen MR) is 98.4 cm³/mol. The molecule has 3 N–H and O–H groups in total. The summed E-state index contributed by atoms with van der Waals surface area (Å²) in [7, 11) is 1.20. The Hall–Kier alpha value is -2.19. The van der Waals surface area contributed by atoms with Crippen molar-refractivity contribution in [1.82, 2.24) is 16.0 Å². The first kappa shape index (κ1) is 24.8. The van der Waals surface area contributed by atoms with Crippen LogP contribution in [0.1, 0.15) is 48.0 Å². The van der Waals surface area contributed by atoms with Crippen molar-refractivity contribution < 1.29 is 28.3 Å². The van der Waals surface area contributed by atoms with Crippen LogP contribution in [-0.2, 0) is 23.9 Å². The number of carbonyl (C=O) groups excluding carboxylic acids is 4. The molecule has 0 saturated carbocycles. The topological polar surface area (TPSA) is 114 Å². The van der Waals surface area contributed by atoms with Gasteiger partial charge in [-0.2, -0.15) is 0 Å². The minimum absolute atomic E-state index is 0.210. The van der Waals surface area contributed by atoms with Crippen LogP contribution in [0, 0.1) is 11.3 Å². The van der Waals surface area contributed by atoms with Gasteiger partial charge in [0.15, 0.2) is 0 Å². The summed E-state index contributed by atoms with van der Waals surface area (Å²) in [6.07, 6.45) is -0.210.